The topological polar surface area (TPSA) is 60.7 Å². The van der Waals surface area contributed by atoms with Crippen LogP contribution in [0.15, 0.2) is 11.6 Å². The average molecular weight is 459 g/mol. The lowest BCUT2D eigenvalue weighted by atomic mass is 9.42. The van der Waals surface area contributed by atoms with E-state index in [4.69, 9.17) is 0 Å². The van der Waals surface area contributed by atoms with Crippen molar-refractivity contribution >= 4 is 0 Å². The van der Waals surface area contributed by atoms with Gasteiger partial charge in [0.1, 0.15) is 0 Å². The van der Waals surface area contributed by atoms with Gasteiger partial charge in [0.2, 0.25) is 0 Å². The van der Waals surface area contributed by atoms with Crippen LogP contribution >= 0.6 is 0 Å². The minimum Gasteiger partial charge on any atom is -0.396 e. The Balaban J connectivity index is 1.50. The molecule has 0 bridgehead atoms. The molecule has 5 aliphatic rings. The molecule has 4 fully saturated rings. The minimum atomic E-state index is -0.378. The molecular weight excluding hydrogens is 408 g/mol. The van der Waals surface area contributed by atoms with Crippen molar-refractivity contribution in [1.29, 1.82) is 0 Å². The Kier molecular flexibility index (Phi) is 5.57. The summed E-state index contributed by atoms with van der Waals surface area (Å²) in [6.07, 6.45) is 13.3. The molecule has 0 radical (unpaired) electrons. The van der Waals surface area contributed by atoms with Gasteiger partial charge in [0.05, 0.1) is 18.8 Å². The lowest BCUT2D eigenvalue weighted by Crippen LogP contribution is -2.60. The van der Waals surface area contributed by atoms with Gasteiger partial charge in [0.25, 0.3) is 0 Å². The second-order valence-corrected chi connectivity index (χ2v) is 14.8. The van der Waals surface area contributed by atoms with Crippen molar-refractivity contribution < 1.29 is 15.3 Å². The fourth-order valence-corrected chi connectivity index (χ4v) is 11.0. The van der Waals surface area contributed by atoms with Gasteiger partial charge in [0, 0.05) is 5.41 Å². The maximum Gasteiger partial charge on any atom is 0.0618 e. The summed E-state index contributed by atoms with van der Waals surface area (Å²) in [6, 6.07) is 0. The lowest BCUT2D eigenvalue weighted by Gasteiger charge is -2.64. The van der Waals surface area contributed by atoms with Gasteiger partial charge in [-0.1, -0.05) is 53.2 Å². The van der Waals surface area contributed by atoms with Gasteiger partial charge in [0.15, 0.2) is 0 Å². The third-order valence-corrected chi connectivity index (χ3v) is 13.0. The molecule has 5 rings (SSSR count). The first-order chi connectivity index (χ1) is 15.3. The quantitative estimate of drug-likeness (QED) is 0.415. The van der Waals surface area contributed by atoms with Crippen molar-refractivity contribution in [2.75, 3.05) is 6.61 Å². The van der Waals surface area contributed by atoms with E-state index in [1.807, 2.05) is 0 Å². The predicted octanol–water partition coefficient (Wildman–Crippen LogP) is 6.11. The van der Waals surface area contributed by atoms with Gasteiger partial charge in [-0.25, -0.2) is 0 Å². The van der Waals surface area contributed by atoms with E-state index in [1.165, 1.54) is 25.7 Å². The van der Waals surface area contributed by atoms with Gasteiger partial charge in [-0.05, 0) is 110 Å². The predicted molar refractivity (Wildman–Crippen MR) is 134 cm³/mol. The Morgan fingerprint density at radius 3 is 2.12 bits per heavy atom. The highest BCUT2D eigenvalue weighted by Crippen LogP contribution is 2.70. The van der Waals surface area contributed by atoms with E-state index < -0.39 is 0 Å². The number of aliphatic hydroxyl groups excluding tert-OH is 3. The zero-order valence-electron chi connectivity index (χ0n) is 22.2. The number of allylic oxidation sites excluding steroid dienone is 2. The Labute approximate surface area is 202 Å². The summed E-state index contributed by atoms with van der Waals surface area (Å²) in [4.78, 5) is 0. The molecule has 0 saturated heterocycles. The Bertz CT molecular complexity index is 817. The average Bonchev–Trinajstić information content (AvgIpc) is 2.91. The number of rotatable bonds is 1. The van der Waals surface area contributed by atoms with Crippen molar-refractivity contribution in [3.05, 3.63) is 11.6 Å². The van der Waals surface area contributed by atoms with E-state index in [2.05, 4.69) is 47.6 Å². The lowest BCUT2D eigenvalue weighted by molar-refractivity contribution is -0.189. The van der Waals surface area contributed by atoms with E-state index in [9.17, 15) is 15.3 Å². The van der Waals surface area contributed by atoms with Gasteiger partial charge >= 0.3 is 0 Å². The van der Waals surface area contributed by atoms with Gasteiger partial charge in [-0.3, -0.25) is 0 Å². The molecule has 0 aromatic heterocycles. The Hall–Kier alpha value is -0.380. The number of hydrogen-bond donors (Lipinski definition) is 3. The van der Waals surface area contributed by atoms with E-state index in [0.29, 0.717) is 34.5 Å². The SMILES string of the molecule is CC1(C)[C@H](O)CCC2(C)[C@H]3CCC4[C@@](C)(CCC5[C@]4(C)CC[C@H](O)[C@]5(C)CO)CC3=CC[C@@H]12. The number of hydrogen-bond acceptors (Lipinski definition) is 3. The maximum atomic E-state index is 10.9. The first kappa shape index (κ1) is 24.3. The first-order valence-electron chi connectivity index (χ1n) is 14.0. The van der Waals surface area contributed by atoms with Crippen molar-refractivity contribution in [2.45, 2.75) is 118 Å². The highest BCUT2D eigenvalue weighted by atomic mass is 16.3. The molecule has 0 aliphatic heterocycles. The third kappa shape index (κ3) is 3.17. The molecule has 0 aromatic rings. The molecule has 188 valence electrons. The molecule has 3 N–H and O–H groups in total. The number of fused-ring (bicyclic) bond motifs is 6. The van der Waals surface area contributed by atoms with Gasteiger partial charge < -0.3 is 15.3 Å². The van der Waals surface area contributed by atoms with E-state index in [0.717, 1.165) is 38.5 Å². The molecule has 3 unspecified atom stereocenters. The molecule has 0 aromatic carbocycles. The van der Waals surface area contributed by atoms with Crippen LogP contribution in [0.5, 0.6) is 0 Å². The fourth-order valence-electron chi connectivity index (χ4n) is 11.0. The Morgan fingerprint density at radius 1 is 0.758 bits per heavy atom. The van der Waals surface area contributed by atoms with Crippen LogP contribution in [0.25, 0.3) is 0 Å². The normalized spacial score (nSPS) is 55.8. The smallest absolute Gasteiger partial charge is 0.0618 e. The zero-order valence-corrected chi connectivity index (χ0v) is 22.2. The van der Waals surface area contributed by atoms with Crippen LogP contribution in [0.4, 0.5) is 0 Å². The van der Waals surface area contributed by atoms with Crippen LogP contribution in [0.2, 0.25) is 0 Å². The summed E-state index contributed by atoms with van der Waals surface area (Å²) in [5.74, 6) is 2.25. The minimum absolute atomic E-state index is 0.0164. The van der Waals surface area contributed by atoms with Crippen LogP contribution in [0, 0.1) is 50.7 Å². The van der Waals surface area contributed by atoms with E-state index in [1.54, 1.807) is 5.57 Å². The van der Waals surface area contributed by atoms with Gasteiger partial charge in [-0.15, -0.1) is 0 Å². The highest BCUT2D eigenvalue weighted by Gasteiger charge is 2.63. The summed E-state index contributed by atoms with van der Waals surface area (Å²) in [7, 11) is 0. The van der Waals surface area contributed by atoms with Crippen molar-refractivity contribution in [3.63, 3.8) is 0 Å². The van der Waals surface area contributed by atoms with Crippen molar-refractivity contribution in [3.8, 4) is 0 Å². The third-order valence-electron chi connectivity index (χ3n) is 13.0. The van der Waals surface area contributed by atoms with Crippen LogP contribution in [-0.4, -0.2) is 34.1 Å². The standard InChI is InChI=1S/C30H50O3/c1-26(2)21-9-7-19-17-27(3)14-11-23-29(5,16-13-25(33)30(23,6)18-31)22(27)10-8-20(19)28(21,4)15-12-24(26)32/h7,20-25,31-33H,8-18H2,1-6H3/t20-,21-,22?,23?,24+,25-,27-,28?,29+,30+/m0/s1. The van der Waals surface area contributed by atoms with E-state index in [-0.39, 0.29) is 35.1 Å². The molecule has 4 saturated carbocycles. The summed E-state index contributed by atoms with van der Waals surface area (Å²) < 4.78 is 0. The Morgan fingerprint density at radius 2 is 1.42 bits per heavy atom. The van der Waals surface area contributed by atoms with Crippen molar-refractivity contribution in [1.82, 2.24) is 0 Å². The van der Waals surface area contributed by atoms with E-state index >= 15 is 0 Å². The monoisotopic (exact) mass is 458 g/mol. The molecule has 0 heterocycles. The molecular formula is C30H50O3. The van der Waals surface area contributed by atoms with Gasteiger partial charge in [-0.2, -0.15) is 0 Å². The second-order valence-electron chi connectivity index (χ2n) is 14.8. The molecule has 0 amide bonds. The number of aliphatic hydroxyl groups is 3. The van der Waals surface area contributed by atoms with Crippen LogP contribution in [0.3, 0.4) is 0 Å². The molecule has 33 heavy (non-hydrogen) atoms. The van der Waals surface area contributed by atoms with Crippen LogP contribution < -0.4 is 0 Å². The zero-order chi connectivity index (χ0) is 24.0. The molecule has 5 aliphatic carbocycles. The molecule has 0 spiro atoms. The molecule has 3 nitrogen and oxygen atoms in total. The summed E-state index contributed by atoms with van der Waals surface area (Å²) in [5, 5.41) is 32.2. The first-order valence-corrected chi connectivity index (χ1v) is 14.0. The summed E-state index contributed by atoms with van der Waals surface area (Å²) >= 11 is 0. The largest absolute Gasteiger partial charge is 0.396 e. The summed E-state index contributed by atoms with van der Waals surface area (Å²) in [6.45, 7) is 14.5. The molecule has 3 heteroatoms. The van der Waals surface area contributed by atoms with Crippen molar-refractivity contribution in [2.24, 2.45) is 50.7 Å². The fraction of sp³-hybridized carbons (Fsp3) is 0.933. The highest BCUT2D eigenvalue weighted by molar-refractivity contribution is 5.25. The van der Waals surface area contributed by atoms with Crippen LogP contribution in [-0.2, 0) is 0 Å². The van der Waals surface area contributed by atoms with Crippen LogP contribution in [0.1, 0.15) is 106 Å². The maximum absolute atomic E-state index is 10.9. The summed E-state index contributed by atoms with van der Waals surface area (Å²) in [5.41, 5.74) is 2.15. The second kappa shape index (κ2) is 7.56. The molecule has 10 atom stereocenters.